The Morgan fingerprint density at radius 1 is 1.03 bits per heavy atom. The van der Waals surface area contributed by atoms with E-state index < -0.39 is 18.1 Å². The molecule has 1 unspecified atom stereocenters. The van der Waals surface area contributed by atoms with Crippen LogP contribution in [-0.2, 0) is 9.53 Å². The van der Waals surface area contributed by atoms with Crippen LogP contribution in [0.25, 0.3) is 11.1 Å². The van der Waals surface area contributed by atoms with Crippen LogP contribution in [0.15, 0.2) is 71.2 Å². The Hall–Kier alpha value is -3.12. The van der Waals surface area contributed by atoms with Gasteiger partial charge >= 0.3 is 12.1 Å². The third-order valence-corrected chi connectivity index (χ3v) is 6.72. The Labute approximate surface area is 202 Å². The molecule has 0 aliphatic heterocycles. The summed E-state index contributed by atoms with van der Waals surface area (Å²) in [6.45, 7) is 4.26. The van der Waals surface area contributed by atoms with E-state index >= 15 is 0 Å². The molecule has 0 saturated heterocycles. The Bertz CT molecular complexity index is 1150. The summed E-state index contributed by atoms with van der Waals surface area (Å²) in [5.41, 5.74) is 6.04. The smallest absolute Gasteiger partial charge is 0.410 e. The van der Waals surface area contributed by atoms with Crippen molar-refractivity contribution >= 4 is 28.0 Å². The highest BCUT2D eigenvalue weighted by Gasteiger charge is 2.35. The molecule has 0 heterocycles. The highest BCUT2D eigenvalue weighted by atomic mass is 79.9. The molecule has 5 nitrogen and oxygen atoms in total. The number of rotatable bonds is 7. The summed E-state index contributed by atoms with van der Waals surface area (Å²) in [4.78, 5) is 26.8. The van der Waals surface area contributed by atoms with Gasteiger partial charge in [-0.05, 0) is 47.2 Å². The van der Waals surface area contributed by atoms with Crippen molar-refractivity contribution < 1.29 is 19.4 Å². The predicted molar refractivity (Wildman–Crippen MR) is 131 cm³/mol. The number of hydrogen-bond acceptors (Lipinski definition) is 3. The second kappa shape index (κ2) is 9.79. The van der Waals surface area contributed by atoms with Crippen LogP contribution in [0.5, 0.6) is 0 Å². The molecule has 170 valence electrons. The second-order valence-electron chi connectivity index (χ2n) is 8.26. The number of aryl methyl sites for hydroxylation is 1. The van der Waals surface area contributed by atoms with Gasteiger partial charge < -0.3 is 9.84 Å². The highest BCUT2D eigenvalue weighted by Crippen LogP contribution is 2.44. The Kier molecular flexibility index (Phi) is 6.84. The lowest BCUT2D eigenvalue weighted by Crippen LogP contribution is -2.40. The monoisotopic (exact) mass is 507 g/mol. The van der Waals surface area contributed by atoms with Gasteiger partial charge in [0.25, 0.3) is 0 Å². The van der Waals surface area contributed by atoms with Gasteiger partial charge in [0.1, 0.15) is 6.61 Å². The van der Waals surface area contributed by atoms with Crippen LogP contribution in [0.1, 0.15) is 47.6 Å². The molecule has 1 amide bonds. The fourth-order valence-electron chi connectivity index (χ4n) is 4.53. The van der Waals surface area contributed by atoms with Gasteiger partial charge in [-0.15, -0.1) is 0 Å². The van der Waals surface area contributed by atoms with Crippen LogP contribution in [0.2, 0.25) is 0 Å². The first-order chi connectivity index (χ1) is 15.9. The van der Waals surface area contributed by atoms with E-state index in [9.17, 15) is 14.7 Å². The fourth-order valence-corrected chi connectivity index (χ4v) is 5.24. The minimum Gasteiger partial charge on any atom is -0.479 e. The van der Waals surface area contributed by atoms with E-state index in [1.165, 1.54) is 4.90 Å². The van der Waals surface area contributed by atoms with Crippen LogP contribution in [0.3, 0.4) is 0 Å². The zero-order valence-electron chi connectivity index (χ0n) is 18.6. The maximum absolute atomic E-state index is 13.2. The first kappa shape index (κ1) is 23.1. The number of nitrogens with zero attached hydrogens (tertiary/aromatic N) is 1. The molecule has 1 aliphatic carbocycles. The molecular formula is C27H26BrNO4. The number of benzene rings is 3. The zero-order chi connectivity index (χ0) is 23.5. The number of carbonyl (C=O) groups excluding carboxylic acids is 1. The number of halogens is 1. The van der Waals surface area contributed by atoms with Gasteiger partial charge in [-0.1, -0.05) is 83.5 Å². The predicted octanol–water partition coefficient (Wildman–Crippen LogP) is 6.54. The number of carboxylic acids is 1. The van der Waals surface area contributed by atoms with Crippen LogP contribution in [-0.4, -0.2) is 35.2 Å². The highest BCUT2D eigenvalue weighted by molar-refractivity contribution is 9.10. The molecule has 0 saturated carbocycles. The van der Waals surface area contributed by atoms with Crippen molar-refractivity contribution in [2.24, 2.45) is 0 Å². The Balaban J connectivity index is 1.60. The molecule has 1 N–H and O–H groups in total. The largest absolute Gasteiger partial charge is 0.479 e. The van der Waals surface area contributed by atoms with Crippen molar-refractivity contribution in [1.29, 1.82) is 0 Å². The maximum atomic E-state index is 13.2. The molecule has 0 radical (unpaired) electrons. The van der Waals surface area contributed by atoms with Gasteiger partial charge in [0.15, 0.2) is 6.04 Å². The molecule has 6 heteroatoms. The normalized spacial score (nSPS) is 13.2. The number of amides is 1. The van der Waals surface area contributed by atoms with E-state index in [0.717, 1.165) is 27.8 Å². The molecule has 0 aromatic heterocycles. The summed E-state index contributed by atoms with van der Waals surface area (Å²) in [5.74, 6) is -1.18. The summed E-state index contributed by atoms with van der Waals surface area (Å²) >= 11 is 3.47. The van der Waals surface area contributed by atoms with E-state index in [4.69, 9.17) is 4.74 Å². The summed E-state index contributed by atoms with van der Waals surface area (Å²) in [7, 11) is 0. The molecule has 33 heavy (non-hydrogen) atoms. The molecule has 1 atom stereocenters. The van der Waals surface area contributed by atoms with E-state index in [1.807, 2.05) is 50.2 Å². The standard InChI is InChI=1S/C27H26BrNO4/c1-3-14-29(25(26(30)31)22-13-12-17(2)15-24(22)28)27(32)33-16-23-20-10-6-4-8-18(20)19-9-5-7-11-21(19)23/h4-13,15,23,25H,3,14,16H2,1-2H3,(H,30,31). The summed E-state index contributed by atoms with van der Waals surface area (Å²) in [6, 6.07) is 20.6. The molecule has 0 fully saturated rings. The van der Waals surface area contributed by atoms with Gasteiger partial charge in [0.05, 0.1) is 0 Å². The van der Waals surface area contributed by atoms with E-state index in [2.05, 4.69) is 40.2 Å². The van der Waals surface area contributed by atoms with Gasteiger partial charge in [0, 0.05) is 22.5 Å². The topological polar surface area (TPSA) is 66.8 Å². The van der Waals surface area contributed by atoms with E-state index in [0.29, 0.717) is 16.5 Å². The minimum atomic E-state index is -1.14. The van der Waals surface area contributed by atoms with Crippen molar-refractivity contribution in [3.8, 4) is 11.1 Å². The van der Waals surface area contributed by atoms with Crippen LogP contribution >= 0.6 is 15.9 Å². The third-order valence-electron chi connectivity index (χ3n) is 6.03. The average Bonchev–Trinajstić information content (AvgIpc) is 3.12. The lowest BCUT2D eigenvalue weighted by atomic mass is 9.98. The first-order valence-corrected chi connectivity index (χ1v) is 11.8. The zero-order valence-corrected chi connectivity index (χ0v) is 20.2. The first-order valence-electron chi connectivity index (χ1n) is 11.0. The molecule has 1 aliphatic rings. The van der Waals surface area contributed by atoms with Crippen molar-refractivity contribution in [1.82, 2.24) is 4.90 Å². The van der Waals surface area contributed by atoms with Crippen LogP contribution in [0, 0.1) is 6.92 Å². The molecule has 0 bridgehead atoms. The van der Waals surface area contributed by atoms with Crippen molar-refractivity contribution in [2.75, 3.05) is 13.2 Å². The number of aliphatic carboxylic acids is 1. The number of ether oxygens (including phenoxy) is 1. The Morgan fingerprint density at radius 2 is 1.64 bits per heavy atom. The van der Waals surface area contributed by atoms with Gasteiger partial charge in [-0.3, -0.25) is 4.90 Å². The quantitative estimate of drug-likeness (QED) is 0.393. The number of carboxylic acid groups (broad SMARTS) is 1. The van der Waals surface area contributed by atoms with E-state index in [1.54, 1.807) is 6.07 Å². The summed E-state index contributed by atoms with van der Waals surface area (Å²) in [6.07, 6.45) is -0.0177. The molecule has 3 aromatic rings. The summed E-state index contributed by atoms with van der Waals surface area (Å²) < 4.78 is 6.43. The van der Waals surface area contributed by atoms with Crippen LogP contribution in [0.4, 0.5) is 4.79 Å². The van der Waals surface area contributed by atoms with E-state index in [-0.39, 0.29) is 19.1 Å². The van der Waals surface area contributed by atoms with Gasteiger partial charge in [-0.2, -0.15) is 0 Å². The SMILES string of the molecule is CCCN(C(=O)OCC1c2ccccc2-c2ccccc21)C(C(=O)O)c1ccc(C)cc1Br. The number of fused-ring (bicyclic) bond motifs is 3. The molecular weight excluding hydrogens is 482 g/mol. The lowest BCUT2D eigenvalue weighted by molar-refractivity contribution is -0.143. The van der Waals surface area contributed by atoms with Crippen molar-refractivity contribution in [2.45, 2.75) is 32.2 Å². The molecule has 3 aromatic carbocycles. The maximum Gasteiger partial charge on any atom is 0.410 e. The van der Waals surface area contributed by atoms with Gasteiger partial charge in [0.2, 0.25) is 0 Å². The number of carbonyl (C=O) groups is 2. The number of hydrogen-bond donors (Lipinski definition) is 1. The van der Waals surface area contributed by atoms with Crippen molar-refractivity contribution in [3.63, 3.8) is 0 Å². The Morgan fingerprint density at radius 3 is 2.18 bits per heavy atom. The van der Waals surface area contributed by atoms with Crippen molar-refractivity contribution in [3.05, 3.63) is 93.5 Å². The fraction of sp³-hybridized carbons (Fsp3) is 0.259. The lowest BCUT2D eigenvalue weighted by Gasteiger charge is -2.29. The molecule has 4 rings (SSSR count). The second-order valence-corrected chi connectivity index (χ2v) is 9.12. The average molecular weight is 508 g/mol. The summed E-state index contributed by atoms with van der Waals surface area (Å²) in [5, 5.41) is 10.0. The minimum absolute atomic E-state index is 0.0841. The van der Waals surface area contributed by atoms with Gasteiger partial charge in [-0.25, -0.2) is 9.59 Å². The molecule has 0 spiro atoms. The third kappa shape index (κ3) is 4.53. The van der Waals surface area contributed by atoms with Crippen LogP contribution < -0.4 is 0 Å².